The lowest BCUT2D eigenvalue weighted by atomic mass is 10.0. The lowest BCUT2D eigenvalue weighted by Gasteiger charge is -2.01. The van der Waals surface area contributed by atoms with Crippen molar-refractivity contribution in [2.24, 2.45) is 0 Å². The Labute approximate surface area is 122 Å². The van der Waals surface area contributed by atoms with E-state index in [1.165, 1.54) is 0 Å². The third-order valence-electron chi connectivity index (χ3n) is 2.66. The molecule has 0 spiro atoms. The van der Waals surface area contributed by atoms with E-state index in [4.69, 9.17) is 26.3 Å². The van der Waals surface area contributed by atoms with Crippen molar-refractivity contribution in [2.45, 2.75) is 0 Å². The van der Waals surface area contributed by atoms with Gasteiger partial charge in [-0.3, -0.25) is 0 Å². The number of anilines is 1. The maximum atomic E-state index is 5.84. The zero-order chi connectivity index (χ0) is 13.4. The molecule has 1 aromatic carbocycles. The number of hydrogen-bond acceptors (Lipinski definition) is 4. The first-order chi connectivity index (χ1) is 9.15. The molecule has 0 saturated carbocycles. The summed E-state index contributed by atoms with van der Waals surface area (Å²) in [5.74, 6) is 0.758. The number of nitrogens with zero attached hydrogens (tertiary/aromatic N) is 1. The summed E-state index contributed by atoms with van der Waals surface area (Å²) < 4.78 is 11.4. The van der Waals surface area contributed by atoms with Gasteiger partial charge in [0.2, 0.25) is 5.88 Å². The Morgan fingerprint density at radius 1 is 1.11 bits per heavy atom. The largest absolute Gasteiger partial charge is 0.443 e. The van der Waals surface area contributed by atoms with Gasteiger partial charge >= 0.3 is 0 Å². The fraction of sp³-hybridized carbons (Fsp3) is 0. The minimum absolute atomic E-state index is 0.241. The van der Waals surface area contributed by atoms with Gasteiger partial charge in [-0.2, -0.15) is 0 Å². The Kier molecular flexibility index (Phi) is 3.08. The van der Waals surface area contributed by atoms with Gasteiger partial charge < -0.3 is 14.7 Å². The Morgan fingerprint density at radius 2 is 1.84 bits per heavy atom. The van der Waals surface area contributed by atoms with E-state index < -0.39 is 0 Å². The van der Waals surface area contributed by atoms with Gasteiger partial charge in [-0.15, -0.1) is 0 Å². The summed E-state index contributed by atoms with van der Waals surface area (Å²) in [6, 6.07) is 11.0. The molecule has 3 aromatic rings. The molecular weight excluding hydrogens is 332 g/mol. The molecule has 0 fully saturated rings. The smallest absolute Gasteiger partial charge is 0.230 e. The fourth-order valence-electron chi connectivity index (χ4n) is 1.81. The number of furan rings is 1. The third-order valence-corrected chi connectivity index (χ3v) is 3.39. The molecule has 0 aliphatic heterocycles. The summed E-state index contributed by atoms with van der Waals surface area (Å²) in [5.41, 5.74) is 7.96. The van der Waals surface area contributed by atoms with Gasteiger partial charge in [-0.05, 0) is 41.4 Å². The van der Waals surface area contributed by atoms with Crippen LogP contribution in [0.1, 0.15) is 0 Å². The minimum atomic E-state index is 0.241. The van der Waals surface area contributed by atoms with E-state index in [1.54, 1.807) is 12.1 Å². The first kappa shape index (κ1) is 12.3. The highest BCUT2D eigenvalue weighted by Crippen LogP contribution is 2.37. The van der Waals surface area contributed by atoms with Crippen molar-refractivity contribution in [2.75, 3.05) is 5.73 Å². The molecule has 0 bridgehead atoms. The van der Waals surface area contributed by atoms with Crippen LogP contribution in [-0.2, 0) is 0 Å². The summed E-state index contributed by atoms with van der Waals surface area (Å²) in [5, 5.41) is 4.22. The quantitative estimate of drug-likeness (QED) is 0.741. The maximum absolute atomic E-state index is 5.84. The molecular formula is C13H8BrClN2O2. The van der Waals surface area contributed by atoms with Crippen LogP contribution in [0.25, 0.3) is 22.6 Å². The molecule has 0 amide bonds. The predicted octanol–water partition coefficient (Wildman–Crippen LogP) is 4.60. The van der Waals surface area contributed by atoms with Crippen LogP contribution in [0.5, 0.6) is 0 Å². The van der Waals surface area contributed by atoms with Crippen LogP contribution in [0.4, 0.5) is 5.88 Å². The van der Waals surface area contributed by atoms with Crippen molar-refractivity contribution in [3.8, 4) is 22.6 Å². The Balaban J connectivity index is 2.16. The second kappa shape index (κ2) is 4.75. The van der Waals surface area contributed by atoms with E-state index in [-0.39, 0.29) is 5.88 Å². The zero-order valence-corrected chi connectivity index (χ0v) is 11.9. The summed E-state index contributed by atoms with van der Waals surface area (Å²) in [6.07, 6.45) is 0. The van der Waals surface area contributed by atoms with E-state index in [0.29, 0.717) is 22.2 Å². The molecule has 96 valence electrons. The maximum Gasteiger partial charge on any atom is 0.230 e. The molecule has 2 aromatic heterocycles. The lowest BCUT2D eigenvalue weighted by molar-refractivity contribution is 0.436. The summed E-state index contributed by atoms with van der Waals surface area (Å²) in [4.78, 5) is 0. The van der Waals surface area contributed by atoms with E-state index in [9.17, 15) is 0 Å². The number of benzene rings is 1. The Morgan fingerprint density at radius 3 is 2.47 bits per heavy atom. The Bertz CT molecular complexity index is 719. The molecule has 0 atom stereocenters. The SMILES string of the molecule is Nc1onc(-c2ccc(Cl)o2)c1-c1ccc(Br)cc1. The number of nitrogen functional groups attached to an aromatic ring is 1. The van der Waals surface area contributed by atoms with Gasteiger partial charge in [0.25, 0.3) is 0 Å². The number of rotatable bonds is 2. The van der Waals surface area contributed by atoms with Crippen LogP contribution in [0.15, 0.2) is 49.8 Å². The van der Waals surface area contributed by atoms with Crippen molar-refractivity contribution >= 4 is 33.4 Å². The normalized spacial score (nSPS) is 10.8. The van der Waals surface area contributed by atoms with Crippen molar-refractivity contribution in [1.29, 1.82) is 0 Å². The molecule has 0 saturated heterocycles. The first-order valence-electron chi connectivity index (χ1n) is 5.42. The van der Waals surface area contributed by atoms with Crippen LogP contribution < -0.4 is 5.73 Å². The van der Waals surface area contributed by atoms with Gasteiger partial charge in [-0.1, -0.05) is 33.2 Å². The molecule has 6 heteroatoms. The summed E-state index contributed by atoms with van der Waals surface area (Å²) in [6.45, 7) is 0. The average Bonchev–Trinajstić information content (AvgIpc) is 2.97. The van der Waals surface area contributed by atoms with Gasteiger partial charge in [0.05, 0.1) is 5.56 Å². The van der Waals surface area contributed by atoms with Crippen molar-refractivity contribution < 1.29 is 8.94 Å². The molecule has 0 aliphatic carbocycles. The molecule has 3 rings (SSSR count). The summed E-state index contributed by atoms with van der Waals surface area (Å²) >= 11 is 9.16. The first-order valence-corrected chi connectivity index (χ1v) is 6.59. The number of halogens is 2. The van der Waals surface area contributed by atoms with Gasteiger partial charge in [0.1, 0.15) is 0 Å². The third kappa shape index (κ3) is 2.27. The highest BCUT2D eigenvalue weighted by molar-refractivity contribution is 9.10. The van der Waals surface area contributed by atoms with Gasteiger partial charge in [0.15, 0.2) is 16.7 Å². The molecule has 2 N–H and O–H groups in total. The molecule has 4 nitrogen and oxygen atoms in total. The average molecular weight is 340 g/mol. The predicted molar refractivity (Wildman–Crippen MR) is 76.8 cm³/mol. The number of aromatic nitrogens is 1. The van der Waals surface area contributed by atoms with Crippen molar-refractivity contribution in [1.82, 2.24) is 5.16 Å². The summed E-state index contributed by atoms with van der Waals surface area (Å²) in [7, 11) is 0. The van der Waals surface area contributed by atoms with E-state index in [2.05, 4.69) is 21.1 Å². The number of nitrogens with two attached hydrogens (primary N) is 1. The van der Waals surface area contributed by atoms with Crippen LogP contribution in [-0.4, -0.2) is 5.16 Å². The highest BCUT2D eigenvalue weighted by atomic mass is 79.9. The van der Waals surface area contributed by atoms with Crippen LogP contribution >= 0.6 is 27.5 Å². The van der Waals surface area contributed by atoms with Gasteiger partial charge in [-0.25, -0.2) is 0 Å². The molecule has 19 heavy (non-hydrogen) atoms. The highest BCUT2D eigenvalue weighted by Gasteiger charge is 2.19. The van der Waals surface area contributed by atoms with Crippen LogP contribution in [0, 0.1) is 0 Å². The minimum Gasteiger partial charge on any atom is -0.443 e. The fourth-order valence-corrected chi connectivity index (χ4v) is 2.22. The number of hydrogen-bond donors (Lipinski definition) is 1. The van der Waals surface area contributed by atoms with E-state index in [1.807, 2.05) is 24.3 Å². The van der Waals surface area contributed by atoms with Gasteiger partial charge in [0, 0.05) is 4.47 Å². The molecule has 0 aliphatic rings. The molecule has 0 radical (unpaired) electrons. The standard InChI is InChI=1S/C13H8BrClN2O2/c14-8-3-1-7(2-4-8)11-12(17-19-13(11)16)9-5-6-10(15)18-9/h1-6H,16H2. The Hall–Kier alpha value is -1.72. The van der Waals surface area contributed by atoms with Crippen LogP contribution in [0.2, 0.25) is 5.22 Å². The molecule has 2 heterocycles. The lowest BCUT2D eigenvalue weighted by Crippen LogP contribution is -1.86. The zero-order valence-electron chi connectivity index (χ0n) is 9.56. The second-order valence-corrected chi connectivity index (χ2v) is 5.17. The van der Waals surface area contributed by atoms with E-state index >= 15 is 0 Å². The van der Waals surface area contributed by atoms with Crippen molar-refractivity contribution in [3.63, 3.8) is 0 Å². The molecule has 0 unspecified atom stereocenters. The topological polar surface area (TPSA) is 65.2 Å². The second-order valence-electron chi connectivity index (χ2n) is 3.88. The monoisotopic (exact) mass is 338 g/mol. The van der Waals surface area contributed by atoms with Crippen molar-refractivity contribution in [3.05, 3.63) is 46.1 Å². The van der Waals surface area contributed by atoms with E-state index in [0.717, 1.165) is 10.0 Å². The van der Waals surface area contributed by atoms with Crippen LogP contribution in [0.3, 0.4) is 0 Å².